The number of hydrogen-bond donors (Lipinski definition) is 1. The number of nitriles is 1. The van der Waals surface area contributed by atoms with Crippen molar-refractivity contribution in [1.29, 1.82) is 5.26 Å². The van der Waals surface area contributed by atoms with Crippen LogP contribution in [0.25, 0.3) is 0 Å². The lowest BCUT2D eigenvalue weighted by atomic mass is 10.0. The second-order valence-corrected chi connectivity index (χ2v) is 3.32. The third kappa shape index (κ3) is 1.60. The zero-order valence-corrected chi connectivity index (χ0v) is 5.90. The molecule has 0 radical (unpaired) electrons. The predicted molar refractivity (Wildman–Crippen MR) is 37.1 cm³/mol. The van der Waals surface area contributed by atoms with Crippen molar-refractivity contribution >= 4 is 11.8 Å². The van der Waals surface area contributed by atoms with Gasteiger partial charge in [0.1, 0.15) is 0 Å². The molecule has 3 heteroatoms. The molecule has 0 aromatic heterocycles. The van der Waals surface area contributed by atoms with E-state index in [9.17, 15) is 0 Å². The summed E-state index contributed by atoms with van der Waals surface area (Å²) in [6, 6.07) is 2.08. The molecule has 1 N–H and O–H groups in total. The van der Waals surface area contributed by atoms with Gasteiger partial charge in [0.05, 0.1) is 18.1 Å². The van der Waals surface area contributed by atoms with Crippen LogP contribution in [0.2, 0.25) is 0 Å². The van der Waals surface area contributed by atoms with Gasteiger partial charge in [-0.05, 0) is 12.2 Å². The Morgan fingerprint density at radius 3 is 2.89 bits per heavy atom. The first kappa shape index (κ1) is 6.91. The molecule has 1 heterocycles. The summed E-state index contributed by atoms with van der Waals surface area (Å²) in [4.78, 5) is 0. The van der Waals surface area contributed by atoms with E-state index < -0.39 is 0 Å². The fourth-order valence-corrected chi connectivity index (χ4v) is 1.98. The summed E-state index contributed by atoms with van der Waals surface area (Å²) in [6.45, 7) is 0. The molecule has 0 aromatic rings. The van der Waals surface area contributed by atoms with Crippen molar-refractivity contribution in [3.05, 3.63) is 0 Å². The monoisotopic (exact) mass is 143 g/mol. The first-order chi connectivity index (χ1) is 4.34. The van der Waals surface area contributed by atoms with Crippen LogP contribution in [0.1, 0.15) is 6.42 Å². The van der Waals surface area contributed by atoms with Crippen LogP contribution >= 0.6 is 11.8 Å². The molecule has 0 amide bonds. The van der Waals surface area contributed by atoms with E-state index in [4.69, 9.17) is 10.4 Å². The smallest absolute Gasteiger partial charge is 0.0813 e. The van der Waals surface area contributed by atoms with Crippen molar-refractivity contribution in [1.82, 2.24) is 0 Å². The van der Waals surface area contributed by atoms with E-state index in [-0.39, 0.29) is 12.0 Å². The molecule has 0 aliphatic carbocycles. The van der Waals surface area contributed by atoms with E-state index in [1.165, 1.54) is 0 Å². The highest BCUT2D eigenvalue weighted by molar-refractivity contribution is 7.99. The minimum absolute atomic E-state index is 0.122. The first-order valence-electron chi connectivity index (χ1n) is 3.00. The first-order valence-corrected chi connectivity index (χ1v) is 4.15. The Balaban J connectivity index is 2.41. The molecule has 0 spiro atoms. The molecule has 0 unspecified atom stereocenters. The number of aliphatic hydroxyl groups is 1. The quantitative estimate of drug-likeness (QED) is 0.540. The summed E-state index contributed by atoms with van der Waals surface area (Å²) in [7, 11) is 0. The normalized spacial score (nSPS) is 35.6. The average molecular weight is 143 g/mol. The summed E-state index contributed by atoms with van der Waals surface area (Å²) in [5.41, 5.74) is 0. The maximum Gasteiger partial charge on any atom is 0.0813 e. The average Bonchev–Trinajstić information content (AvgIpc) is 1.89. The van der Waals surface area contributed by atoms with Crippen molar-refractivity contribution in [3.8, 4) is 6.07 Å². The van der Waals surface area contributed by atoms with Gasteiger partial charge in [-0.2, -0.15) is 17.0 Å². The maximum atomic E-state index is 9.13. The van der Waals surface area contributed by atoms with Crippen LogP contribution in [0, 0.1) is 17.2 Å². The lowest BCUT2D eigenvalue weighted by Gasteiger charge is -2.20. The van der Waals surface area contributed by atoms with E-state index in [0.717, 1.165) is 17.9 Å². The second-order valence-electron chi connectivity index (χ2n) is 2.17. The standard InChI is InChI=1S/C6H9NOS/c7-3-5-4-9-2-1-6(5)8/h5-6,8H,1-2,4H2/t5-,6+/m0/s1. The summed E-state index contributed by atoms with van der Waals surface area (Å²) >= 11 is 1.75. The number of thioether (sulfide) groups is 1. The molecule has 1 fully saturated rings. The summed E-state index contributed by atoms with van der Waals surface area (Å²) in [5, 5.41) is 17.6. The Kier molecular flexibility index (Phi) is 2.38. The van der Waals surface area contributed by atoms with Gasteiger partial charge in [0.15, 0.2) is 0 Å². The Hall–Kier alpha value is -0.200. The van der Waals surface area contributed by atoms with Crippen molar-refractivity contribution in [2.24, 2.45) is 5.92 Å². The number of nitrogens with zero attached hydrogens (tertiary/aromatic N) is 1. The molecule has 0 aromatic carbocycles. The zero-order valence-electron chi connectivity index (χ0n) is 5.08. The van der Waals surface area contributed by atoms with Gasteiger partial charge in [0.25, 0.3) is 0 Å². The lowest BCUT2D eigenvalue weighted by molar-refractivity contribution is 0.136. The van der Waals surface area contributed by atoms with Gasteiger partial charge in [0.2, 0.25) is 0 Å². The van der Waals surface area contributed by atoms with Crippen molar-refractivity contribution in [3.63, 3.8) is 0 Å². The highest BCUT2D eigenvalue weighted by Gasteiger charge is 2.22. The van der Waals surface area contributed by atoms with Crippen LogP contribution < -0.4 is 0 Å². The minimum Gasteiger partial charge on any atom is -0.392 e. The molecule has 50 valence electrons. The summed E-state index contributed by atoms with van der Waals surface area (Å²) in [6.07, 6.45) is 0.416. The molecule has 1 rings (SSSR count). The highest BCUT2D eigenvalue weighted by Crippen LogP contribution is 2.21. The van der Waals surface area contributed by atoms with E-state index in [1.807, 2.05) is 0 Å². The van der Waals surface area contributed by atoms with Gasteiger partial charge in [0, 0.05) is 5.75 Å². The van der Waals surface area contributed by atoms with Gasteiger partial charge in [-0.15, -0.1) is 0 Å². The van der Waals surface area contributed by atoms with Crippen molar-refractivity contribution in [2.75, 3.05) is 11.5 Å². The van der Waals surface area contributed by atoms with E-state index in [2.05, 4.69) is 6.07 Å². The molecule has 1 aliphatic rings. The number of hydrogen-bond acceptors (Lipinski definition) is 3. The van der Waals surface area contributed by atoms with Crippen molar-refractivity contribution in [2.45, 2.75) is 12.5 Å². The Labute approximate surface area is 58.9 Å². The van der Waals surface area contributed by atoms with Crippen LogP contribution in [0.3, 0.4) is 0 Å². The predicted octanol–water partition coefficient (Wildman–Crippen LogP) is 0.624. The Morgan fingerprint density at radius 2 is 2.44 bits per heavy atom. The second kappa shape index (κ2) is 3.09. The Morgan fingerprint density at radius 1 is 1.67 bits per heavy atom. The SMILES string of the molecule is N#C[C@H]1CSCC[C@H]1O. The molecular weight excluding hydrogens is 134 g/mol. The fourth-order valence-electron chi connectivity index (χ4n) is 0.850. The van der Waals surface area contributed by atoms with E-state index in [0.29, 0.717) is 0 Å². The van der Waals surface area contributed by atoms with Crippen LogP contribution in [-0.2, 0) is 0 Å². The molecule has 1 aliphatic heterocycles. The largest absolute Gasteiger partial charge is 0.392 e. The third-order valence-electron chi connectivity index (χ3n) is 1.49. The molecule has 0 bridgehead atoms. The summed E-state index contributed by atoms with van der Waals surface area (Å²) in [5.74, 6) is 1.68. The molecule has 1 saturated heterocycles. The van der Waals surface area contributed by atoms with Crippen LogP contribution in [0.5, 0.6) is 0 Å². The van der Waals surface area contributed by atoms with Gasteiger partial charge < -0.3 is 5.11 Å². The van der Waals surface area contributed by atoms with Gasteiger partial charge in [-0.3, -0.25) is 0 Å². The third-order valence-corrected chi connectivity index (χ3v) is 2.60. The van der Waals surface area contributed by atoms with Crippen molar-refractivity contribution < 1.29 is 5.11 Å². The minimum atomic E-state index is -0.365. The fraction of sp³-hybridized carbons (Fsp3) is 0.833. The lowest BCUT2D eigenvalue weighted by Crippen LogP contribution is -2.25. The number of aliphatic hydroxyl groups excluding tert-OH is 1. The number of rotatable bonds is 0. The van der Waals surface area contributed by atoms with Gasteiger partial charge in [-0.1, -0.05) is 0 Å². The van der Waals surface area contributed by atoms with E-state index in [1.54, 1.807) is 11.8 Å². The molecule has 2 nitrogen and oxygen atoms in total. The summed E-state index contributed by atoms with van der Waals surface area (Å²) < 4.78 is 0. The van der Waals surface area contributed by atoms with Crippen LogP contribution in [-0.4, -0.2) is 22.7 Å². The van der Waals surface area contributed by atoms with Crippen LogP contribution in [0.4, 0.5) is 0 Å². The molecule has 2 atom stereocenters. The maximum absolute atomic E-state index is 9.13. The Bertz CT molecular complexity index is 132. The molecule has 0 saturated carbocycles. The highest BCUT2D eigenvalue weighted by atomic mass is 32.2. The molecule has 9 heavy (non-hydrogen) atoms. The molecular formula is C6H9NOS. The topological polar surface area (TPSA) is 44.0 Å². The zero-order chi connectivity index (χ0) is 6.69. The van der Waals surface area contributed by atoms with Gasteiger partial charge >= 0.3 is 0 Å². The van der Waals surface area contributed by atoms with Gasteiger partial charge in [-0.25, -0.2) is 0 Å². The van der Waals surface area contributed by atoms with E-state index >= 15 is 0 Å². The van der Waals surface area contributed by atoms with Crippen LogP contribution in [0.15, 0.2) is 0 Å².